The van der Waals surface area contributed by atoms with Gasteiger partial charge in [0, 0.05) is 13.0 Å². The first kappa shape index (κ1) is 9.19. The van der Waals surface area contributed by atoms with E-state index in [2.05, 4.69) is 0 Å². The van der Waals surface area contributed by atoms with Crippen LogP contribution >= 0.6 is 0 Å². The number of ether oxygens (including phenoxy) is 2. The summed E-state index contributed by atoms with van der Waals surface area (Å²) in [4.78, 5) is 0. The zero-order valence-corrected chi connectivity index (χ0v) is 8.06. The quantitative estimate of drug-likeness (QED) is 0.647. The van der Waals surface area contributed by atoms with Crippen molar-refractivity contribution in [2.75, 3.05) is 6.61 Å². The Morgan fingerprint density at radius 2 is 2.38 bits per heavy atom. The number of aliphatic hydroxyl groups is 1. The lowest BCUT2D eigenvalue weighted by Crippen LogP contribution is -2.40. The van der Waals surface area contributed by atoms with Crippen LogP contribution in [0.25, 0.3) is 0 Å². The van der Waals surface area contributed by atoms with E-state index in [4.69, 9.17) is 9.47 Å². The monoisotopic (exact) mass is 184 g/mol. The van der Waals surface area contributed by atoms with Crippen LogP contribution in [-0.2, 0) is 9.47 Å². The Morgan fingerprint density at radius 3 is 3.00 bits per heavy atom. The topological polar surface area (TPSA) is 38.7 Å². The van der Waals surface area contributed by atoms with Gasteiger partial charge in [0.2, 0.25) is 0 Å². The lowest BCUT2D eigenvalue weighted by Gasteiger charge is -2.30. The molecule has 0 aromatic rings. The van der Waals surface area contributed by atoms with Gasteiger partial charge in [0.1, 0.15) is 12.2 Å². The van der Waals surface area contributed by atoms with Crippen molar-refractivity contribution in [3.05, 3.63) is 12.2 Å². The third-order valence-electron chi connectivity index (χ3n) is 2.87. The molecular weight excluding hydrogens is 168 g/mol. The maximum atomic E-state index is 9.67. The lowest BCUT2D eigenvalue weighted by molar-refractivity contribution is -0.0906. The summed E-state index contributed by atoms with van der Waals surface area (Å²) < 4.78 is 11.2. The zero-order chi connectivity index (χ0) is 9.47. The number of hydrogen-bond donors (Lipinski definition) is 1. The fourth-order valence-electron chi connectivity index (χ4n) is 2.09. The van der Waals surface area contributed by atoms with E-state index >= 15 is 0 Å². The van der Waals surface area contributed by atoms with E-state index in [1.165, 1.54) is 0 Å². The second-order valence-electron chi connectivity index (χ2n) is 3.92. The van der Waals surface area contributed by atoms with Gasteiger partial charge in [-0.25, -0.2) is 0 Å². The number of fused-ring (bicyclic) bond motifs is 2. The summed E-state index contributed by atoms with van der Waals surface area (Å²) in [5.74, 6) is 0. The Morgan fingerprint density at radius 1 is 1.62 bits per heavy atom. The fourth-order valence-corrected chi connectivity index (χ4v) is 2.09. The number of hydrogen-bond acceptors (Lipinski definition) is 3. The van der Waals surface area contributed by atoms with Gasteiger partial charge < -0.3 is 14.6 Å². The molecule has 3 nitrogen and oxygen atoms in total. The molecule has 2 aliphatic rings. The van der Waals surface area contributed by atoms with Gasteiger partial charge >= 0.3 is 0 Å². The predicted molar refractivity (Wildman–Crippen MR) is 48.5 cm³/mol. The molecule has 0 spiro atoms. The summed E-state index contributed by atoms with van der Waals surface area (Å²) in [7, 11) is 0. The summed E-state index contributed by atoms with van der Waals surface area (Å²) in [6.45, 7) is 4.61. The van der Waals surface area contributed by atoms with Crippen LogP contribution in [0.15, 0.2) is 12.2 Å². The molecule has 2 aliphatic heterocycles. The van der Waals surface area contributed by atoms with Crippen molar-refractivity contribution >= 4 is 0 Å². The summed E-state index contributed by atoms with van der Waals surface area (Å²) in [6, 6.07) is 0. The van der Waals surface area contributed by atoms with Gasteiger partial charge in [-0.15, -0.1) is 0 Å². The molecule has 1 saturated heterocycles. The van der Waals surface area contributed by atoms with Gasteiger partial charge in [-0.3, -0.25) is 0 Å². The highest BCUT2D eigenvalue weighted by atomic mass is 16.6. The molecule has 2 rings (SSSR count). The van der Waals surface area contributed by atoms with Crippen molar-refractivity contribution in [1.29, 1.82) is 0 Å². The molecule has 0 aromatic heterocycles. The Labute approximate surface area is 78.3 Å². The summed E-state index contributed by atoms with van der Waals surface area (Å²) in [6.07, 6.45) is 4.15. The average molecular weight is 184 g/mol. The van der Waals surface area contributed by atoms with Crippen LogP contribution in [0.5, 0.6) is 0 Å². The van der Waals surface area contributed by atoms with Gasteiger partial charge in [-0.2, -0.15) is 0 Å². The van der Waals surface area contributed by atoms with Crippen LogP contribution in [-0.4, -0.2) is 35.6 Å². The second kappa shape index (κ2) is 3.08. The smallest absolute Gasteiger partial charge is 0.103 e. The normalized spacial score (nSPS) is 48.4. The first-order valence-corrected chi connectivity index (χ1v) is 4.81. The van der Waals surface area contributed by atoms with E-state index in [1.54, 1.807) is 0 Å². The van der Waals surface area contributed by atoms with E-state index in [0.717, 1.165) is 6.42 Å². The van der Waals surface area contributed by atoms with E-state index in [1.807, 2.05) is 26.0 Å². The molecular formula is C10H16O3. The van der Waals surface area contributed by atoms with Crippen molar-refractivity contribution in [2.45, 2.75) is 44.2 Å². The third-order valence-corrected chi connectivity index (χ3v) is 2.87. The molecule has 0 radical (unpaired) electrons. The SMILES string of the molecule is CCOC1CC2(C)OC1C=CC2O. The molecule has 74 valence electrons. The highest BCUT2D eigenvalue weighted by Crippen LogP contribution is 2.39. The molecule has 3 heteroatoms. The van der Waals surface area contributed by atoms with Crippen molar-refractivity contribution in [2.24, 2.45) is 0 Å². The van der Waals surface area contributed by atoms with Crippen LogP contribution in [0.3, 0.4) is 0 Å². The van der Waals surface area contributed by atoms with Gasteiger partial charge in [-0.05, 0) is 13.8 Å². The average Bonchev–Trinajstić information content (AvgIpc) is 2.35. The molecule has 0 aliphatic carbocycles. The first-order chi connectivity index (χ1) is 6.15. The second-order valence-corrected chi connectivity index (χ2v) is 3.92. The number of rotatable bonds is 2. The molecule has 2 bridgehead atoms. The molecule has 0 aromatic carbocycles. The minimum atomic E-state index is -0.491. The summed E-state index contributed by atoms with van der Waals surface area (Å²) in [5, 5.41) is 9.67. The lowest BCUT2D eigenvalue weighted by atomic mass is 9.95. The van der Waals surface area contributed by atoms with Gasteiger partial charge in [-0.1, -0.05) is 12.2 Å². The highest BCUT2D eigenvalue weighted by molar-refractivity contribution is 5.15. The maximum Gasteiger partial charge on any atom is 0.103 e. The van der Waals surface area contributed by atoms with Crippen molar-refractivity contribution in [1.82, 2.24) is 0 Å². The standard InChI is InChI=1S/C10H16O3/c1-3-12-8-6-10(2)9(11)5-4-7(8)13-10/h4-5,7-9,11H,3,6H2,1-2H3. The van der Waals surface area contributed by atoms with Crippen LogP contribution in [0.4, 0.5) is 0 Å². The Balaban J connectivity index is 2.13. The van der Waals surface area contributed by atoms with E-state index < -0.39 is 11.7 Å². The van der Waals surface area contributed by atoms with Crippen LogP contribution in [0, 0.1) is 0 Å². The van der Waals surface area contributed by atoms with Crippen molar-refractivity contribution in [3.8, 4) is 0 Å². The fraction of sp³-hybridized carbons (Fsp3) is 0.800. The molecule has 13 heavy (non-hydrogen) atoms. The summed E-state index contributed by atoms with van der Waals surface area (Å²) >= 11 is 0. The van der Waals surface area contributed by atoms with E-state index in [9.17, 15) is 5.11 Å². The Bertz CT molecular complexity index is 226. The van der Waals surface area contributed by atoms with Crippen molar-refractivity contribution in [3.63, 3.8) is 0 Å². The maximum absolute atomic E-state index is 9.67. The van der Waals surface area contributed by atoms with Gasteiger partial charge in [0.25, 0.3) is 0 Å². The molecule has 1 N–H and O–H groups in total. The molecule has 0 saturated carbocycles. The minimum Gasteiger partial charge on any atom is -0.386 e. The molecule has 1 fully saturated rings. The Hall–Kier alpha value is -0.380. The zero-order valence-electron chi connectivity index (χ0n) is 8.06. The molecule has 2 heterocycles. The summed E-state index contributed by atoms with van der Waals surface area (Å²) in [5.41, 5.74) is -0.431. The molecule has 4 unspecified atom stereocenters. The van der Waals surface area contributed by atoms with Crippen LogP contribution in [0.2, 0.25) is 0 Å². The van der Waals surface area contributed by atoms with E-state index in [-0.39, 0.29) is 12.2 Å². The number of aliphatic hydroxyl groups excluding tert-OH is 1. The van der Waals surface area contributed by atoms with Crippen molar-refractivity contribution < 1.29 is 14.6 Å². The Kier molecular flexibility index (Phi) is 2.18. The largest absolute Gasteiger partial charge is 0.386 e. The first-order valence-electron chi connectivity index (χ1n) is 4.81. The van der Waals surface area contributed by atoms with Crippen LogP contribution in [0.1, 0.15) is 20.3 Å². The predicted octanol–water partition coefficient (Wildman–Crippen LogP) is 0.870. The minimum absolute atomic E-state index is 0.0355. The van der Waals surface area contributed by atoms with Gasteiger partial charge in [0.15, 0.2) is 0 Å². The highest BCUT2D eigenvalue weighted by Gasteiger charge is 2.49. The third kappa shape index (κ3) is 1.41. The van der Waals surface area contributed by atoms with Gasteiger partial charge in [0.05, 0.1) is 11.7 Å². The van der Waals surface area contributed by atoms with E-state index in [0.29, 0.717) is 6.61 Å². The molecule has 0 amide bonds. The van der Waals surface area contributed by atoms with Crippen LogP contribution < -0.4 is 0 Å². The molecule has 4 atom stereocenters.